The molecule has 0 saturated carbocycles. The number of carbonyl (C=O) groups excluding carboxylic acids is 2. The third-order valence-corrected chi connectivity index (χ3v) is 5.18. The molecule has 0 spiro atoms. The summed E-state index contributed by atoms with van der Waals surface area (Å²) < 4.78 is 4.88. The van der Waals surface area contributed by atoms with E-state index in [1.54, 1.807) is 29.2 Å². The van der Waals surface area contributed by atoms with E-state index in [1.807, 2.05) is 68.4 Å². The number of esters is 1. The highest BCUT2D eigenvalue weighted by Gasteiger charge is 2.27. The fourth-order valence-corrected chi connectivity index (χ4v) is 3.38. The molecule has 0 aliphatic heterocycles. The van der Waals surface area contributed by atoms with Crippen molar-refractivity contribution >= 4 is 11.9 Å². The van der Waals surface area contributed by atoms with Crippen molar-refractivity contribution in [2.24, 2.45) is 0 Å². The average molecular weight is 387 g/mol. The summed E-state index contributed by atoms with van der Waals surface area (Å²) in [5.41, 5.74) is 3.83. The van der Waals surface area contributed by atoms with Crippen molar-refractivity contribution in [1.29, 1.82) is 0 Å². The molecule has 1 unspecified atom stereocenters. The SMILES string of the molecule is COC(=O)c1ccccc1C(=O)N(Cc1ccccc1C)C(C)c1ccccc1. The largest absolute Gasteiger partial charge is 0.465 e. The van der Waals surface area contributed by atoms with Crippen LogP contribution in [0.5, 0.6) is 0 Å². The molecular weight excluding hydrogens is 362 g/mol. The van der Waals surface area contributed by atoms with Gasteiger partial charge in [0.1, 0.15) is 0 Å². The van der Waals surface area contributed by atoms with Crippen LogP contribution in [0.2, 0.25) is 0 Å². The molecule has 29 heavy (non-hydrogen) atoms. The molecule has 3 rings (SSSR count). The van der Waals surface area contributed by atoms with Crippen LogP contribution in [0.15, 0.2) is 78.9 Å². The van der Waals surface area contributed by atoms with Gasteiger partial charge in [0.05, 0.1) is 24.3 Å². The van der Waals surface area contributed by atoms with Crippen LogP contribution in [0, 0.1) is 6.92 Å². The maximum atomic E-state index is 13.6. The maximum Gasteiger partial charge on any atom is 0.338 e. The van der Waals surface area contributed by atoms with E-state index in [0.29, 0.717) is 12.1 Å². The average Bonchev–Trinajstić information content (AvgIpc) is 2.77. The molecule has 0 saturated heterocycles. The van der Waals surface area contributed by atoms with Gasteiger partial charge in [-0.05, 0) is 42.7 Å². The molecule has 148 valence electrons. The quantitative estimate of drug-likeness (QED) is 0.547. The van der Waals surface area contributed by atoms with Crippen molar-refractivity contribution in [1.82, 2.24) is 4.90 Å². The van der Waals surface area contributed by atoms with Gasteiger partial charge in [0.15, 0.2) is 0 Å². The molecule has 0 N–H and O–H groups in total. The Labute approximate surface area is 171 Å². The topological polar surface area (TPSA) is 46.6 Å². The lowest BCUT2D eigenvalue weighted by Gasteiger charge is -2.31. The van der Waals surface area contributed by atoms with Crippen molar-refractivity contribution in [2.45, 2.75) is 26.4 Å². The predicted octanol–water partition coefficient (Wildman–Crippen LogP) is 5.19. The van der Waals surface area contributed by atoms with Crippen molar-refractivity contribution < 1.29 is 14.3 Å². The predicted molar refractivity (Wildman–Crippen MR) is 114 cm³/mol. The van der Waals surface area contributed by atoms with Gasteiger partial charge in [-0.3, -0.25) is 4.79 Å². The second-order valence-electron chi connectivity index (χ2n) is 6.98. The van der Waals surface area contributed by atoms with E-state index in [9.17, 15) is 9.59 Å². The van der Waals surface area contributed by atoms with Crippen LogP contribution >= 0.6 is 0 Å². The lowest BCUT2D eigenvalue weighted by atomic mass is 10.0. The molecule has 4 nitrogen and oxygen atoms in total. The Bertz CT molecular complexity index is 998. The molecular formula is C25H25NO3. The normalized spacial score (nSPS) is 11.6. The Morgan fingerprint density at radius 1 is 0.862 bits per heavy atom. The number of methoxy groups -OCH3 is 1. The third kappa shape index (κ3) is 4.54. The summed E-state index contributed by atoms with van der Waals surface area (Å²) in [5, 5.41) is 0. The van der Waals surface area contributed by atoms with Gasteiger partial charge in [-0.15, -0.1) is 0 Å². The zero-order valence-corrected chi connectivity index (χ0v) is 17.0. The van der Waals surface area contributed by atoms with Gasteiger partial charge in [-0.1, -0.05) is 66.7 Å². The first-order valence-corrected chi connectivity index (χ1v) is 9.60. The molecule has 0 fully saturated rings. The van der Waals surface area contributed by atoms with E-state index in [1.165, 1.54) is 7.11 Å². The van der Waals surface area contributed by atoms with Crippen LogP contribution in [-0.4, -0.2) is 23.9 Å². The number of nitrogens with zero attached hydrogens (tertiary/aromatic N) is 1. The minimum atomic E-state index is -0.517. The molecule has 1 atom stereocenters. The van der Waals surface area contributed by atoms with Crippen LogP contribution < -0.4 is 0 Å². The summed E-state index contributed by atoms with van der Waals surface area (Å²) in [7, 11) is 1.32. The van der Waals surface area contributed by atoms with E-state index in [0.717, 1.165) is 16.7 Å². The zero-order valence-electron chi connectivity index (χ0n) is 17.0. The standard InChI is InChI=1S/C25H25NO3/c1-18-11-7-8-14-21(18)17-26(19(2)20-12-5-4-6-13-20)24(27)22-15-9-10-16-23(22)25(28)29-3/h4-16,19H,17H2,1-3H3. The molecule has 0 heterocycles. The van der Waals surface area contributed by atoms with Gasteiger partial charge >= 0.3 is 5.97 Å². The van der Waals surface area contributed by atoms with Crippen molar-refractivity contribution in [2.75, 3.05) is 7.11 Å². The smallest absolute Gasteiger partial charge is 0.338 e. The van der Waals surface area contributed by atoms with Crippen LogP contribution in [0.3, 0.4) is 0 Å². The van der Waals surface area contributed by atoms with Crippen molar-refractivity contribution in [3.63, 3.8) is 0 Å². The summed E-state index contributed by atoms with van der Waals surface area (Å²) in [6.07, 6.45) is 0. The number of hydrogen-bond donors (Lipinski definition) is 0. The highest BCUT2D eigenvalue weighted by molar-refractivity contribution is 6.05. The Hall–Kier alpha value is -3.40. The molecule has 3 aromatic carbocycles. The molecule has 4 heteroatoms. The number of hydrogen-bond acceptors (Lipinski definition) is 3. The Morgan fingerprint density at radius 3 is 2.10 bits per heavy atom. The lowest BCUT2D eigenvalue weighted by molar-refractivity contribution is 0.0581. The highest BCUT2D eigenvalue weighted by atomic mass is 16.5. The molecule has 3 aromatic rings. The molecule has 0 bridgehead atoms. The summed E-state index contributed by atoms with van der Waals surface area (Å²) >= 11 is 0. The van der Waals surface area contributed by atoms with Gasteiger partial charge in [-0.25, -0.2) is 4.79 Å². The minimum absolute atomic E-state index is 0.172. The summed E-state index contributed by atoms with van der Waals surface area (Å²) in [5.74, 6) is -0.720. The maximum absolute atomic E-state index is 13.6. The van der Waals surface area contributed by atoms with E-state index in [4.69, 9.17) is 4.74 Å². The van der Waals surface area contributed by atoms with Crippen molar-refractivity contribution in [3.05, 3.63) is 107 Å². The number of amides is 1. The third-order valence-electron chi connectivity index (χ3n) is 5.18. The summed E-state index contributed by atoms with van der Waals surface area (Å²) in [6, 6.07) is 24.5. The summed E-state index contributed by atoms with van der Waals surface area (Å²) in [4.78, 5) is 27.7. The van der Waals surface area contributed by atoms with Crippen molar-refractivity contribution in [3.8, 4) is 0 Å². The van der Waals surface area contributed by atoms with Crippen LogP contribution in [0.25, 0.3) is 0 Å². The molecule has 0 aromatic heterocycles. The zero-order chi connectivity index (χ0) is 20.8. The van der Waals surface area contributed by atoms with Gasteiger partial charge in [-0.2, -0.15) is 0 Å². The second kappa shape index (κ2) is 9.20. The lowest BCUT2D eigenvalue weighted by Crippen LogP contribution is -2.34. The van der Waals surface area contributed by atoms with Crippen LogP contribution in [0.1, 0.15) is 50.4 Å². The fraction of sp³-hybridized carbons (Fsp3) is 0.200. The van der Waals surface area contributed by atoms with Gasteiger partial charge in [0, 0.05) is 6.54 Å². The van der Waals surface area contributed by atoms with Crippen LogP contribution in [-0.2, 0) is 11.3 Å². The Morgan fingerprint density at radius 2 is 1.45 bits per heavy atom. The second-order valence-corrected chi connectivity index (χ2v) is 6.98. The van der Waals surface area contributed by atoms with E-state index >= 15 is 0 Å². The van der Waals surface area contributed by atoms with Crippen LogP contribution in [0.4, 0.5) is 0 Å². The number of rotatable bonds is 6. The molecule has 0 aliphatic rings. The molecule has 0 radical (unpaired) electrons. The number of carbonyl (C=O) groups is 2. The van der Waals surface area contributed by atoms with Gasteiger partial charge < -0.3 is 9.64 Å². The molecule has 0 aliphatic carbocycles. The monoisotopic (exact) mass is 387 g/mol. The first-order chi connectivity index (χ1) is 14.0. The Kier molecular flexibility index (Phi) is 6.45. The highest BCUT2D eigenvalue weighted by Crippen LogP contribution is 2.26. The fourth-order valence-electron chi connectivity index (χ4n) is 3.38. The summed E-state index contributed by atoms with van der Waals surface area (Å²) in [6.45, 7) is 4.48. The van der Waals surface area contributed by atoms with E-state index in [2.05, 4.69) is 0 Å². The van der Waals surface area contributed by atoms with Gasteiger partial charge in [0.2, 0.25) is 0 Å². The Balaban J connectivity index is 2.04. The first kappa shape index (κ1) is 20.3. The number of benzene rings is 3. The number of aryl methyl sites for hydroxylation is 1. The molecule has 1 amide bonds. The minimum Gasteiger partial charge on any atom is -0.465 e. The number of ether oxygens (including phenoxy) is 1. The first-order valence-electron chi connectivity index (χ1n) is 9.60. The van der Waals surface area contributed by atoms with Gasteiger partial charge in [0.25, 0.3) is 5.91 Å². The van der Waals surface area contributed by atoms with E-state index < -0.39 is 5.97 Å². The van der Waals surface area contributed by atoms with E-state index in [-0.39, 0.29) is 17.5 Å².